The molecule has 1 unspecified atom stereocenters. The number of aryl methyl sites for hydroxylation is 1. The van der Waals surface area contributed by atoms with Crippen LogP contribution in [0.25, 0.3) is 22.6 Å². The van der Waals surface area contributed by atoms with Crippen molar-refractivity contribution in [1.82, 2.24) is 40.7 Å². The molecule has 73 heavy (non-hydrogen) atoms. The molecule has 0 bridgehead atoms. The fourth-order valence-electron chi connectivity index (χ4n) is 8.15. The van der Waals surface area contributed by atoms with E-state index in [0.717, 1.165) is 21.7 Å². The first-order chi connectivity index (χ1) is 35.2. The number of nitrogens with zero attached hydrogens (tertiary/aromatic N) is 4. The average Bonchev–Trinajstić information content (AvgIpc) is 4.11. The Kier molecular flexibility index (Phi) is 17.9. The van der Waals surface area contributed by atoms with E-state index in [4.69, 9.17) is 29.9 Å². The number of pyridine rings is 1. The number of H-pyrrole nitrogens is 1. The first kappa shape index (κ1) is 52.3. The Morgan fingerprint density at radius 3 is 2.29 bits per heavy atom. The van der Waals surface area contributed by atoms with Crippen molar-refractivity contribution in [1.29, 1.82) is 0 Å². The third-order valence-corrected chi connectivity index (χ3v) is 12.0. The number of anilines is 1. The molecule has 0 spiro atoms. The SMILES string of the molecule is Cc1cccc(-c2[nH]c(CN(Cc3ccccc3)C(=O)OCc3ccc(NC(=O)[C@H](CCCNC(N)=O)NC(=O)C(NC(=O)CCCCCN4C(=O)C=CC4=O)C(C)C)cc3)nc2-c2ccc3c(c2)OCO3)n1. The molecule has 5 aromatic rings. The van der Waals surface area contributed by atoms with Gasteiger partial charge in [0.15, 0.2) is 11.5 Å². The molecule has 20 heteroatoms. The van der Waals surface area contributed by atoms with Gasteiger partial charge in [0, 0.05) is 55.2 Å². The molecule has 0 fully saturated rings. The molecule has 4 heterocycles. The van der Waals surface area contributed by atoms with Gasteiger partial charge >= 0.3 is 12.1 Å². The van der Waals surface area contributed by atoms with Gasteiger partial charge in [-0.15, -0.1) is 0 Å². The highest BCUT2D eigenvalue weighted by Crippen LogP contribution is 2.38. The van der Waals surface area contributed by atoms with Crippen LogP contribution < -0.4 is 36.5 Å². The van der Waals surface area contributed by atoms with E-state index in [2.05, 4.69) is 26.3 Å². The van der Waals surface area contributed by atoms with Gasteiger partial charge in [-0.1, -0.05) is 68.8 Å². The van der Waals surface area contributed by atoms with Crippen molar-refractivity contribution in [3.8, 4) is 34.1 Å². The van der Waals surface area contributed by atoms with E-state index in [1.165, 1.54) is 12.2 Å². The lowest BCUT2D eigenvalue weighted by Gasteiger charge is -2.25. The number of unbranched alkanes of at least 4 members (excludes halogenated alkanes) is 2. The number of carbonyl (C=O) groups is 7. The van der Waals surface area contributed by atoms with Gasteiger partial charge in [0.2, 0.25) is 24.5 Å². The Hall–Kier alpha value is -8.55. The molecule has 0 saturated heterocycles. The summed E-state index contributed by atoms with van der Waals surface area (Å²) in [5.74, 6) is -0.781. The molecule has 2 aliphatic rings. The smallest absolute Gasteiger partial charge is 0.410 e. The normalized spacial score (nSPS) is 13.4. The van der Waals surface area contributed by atoms with Gasteiger partial charge in [-0.25, -0.2) is 14.6 Å². The Balaban J connectivity index is 0.973. The highest BCUT2D eigenvalue weighted by Gasteiger charge is 2.30. The van der Waals surface area contributed by atoms with E-state index in [1.807, 2.05) is 73.7 Å². The fourth-order valence-corrected chi connectivity index (χ4v) is 8.15. The number of ether oxygens (including phenoxy) is 3. The minimum Gasteiger partial charge on any atom is -0.454 e. The van der Waals surface area contributed by atoms with Gasteiger partial charge in [0.1, 0.15) is 24.5 Å². The van der Waals surface area contributed by atoms with Gasteiger partial charge in [0.05, 0.1) is 23.6 Å². The Labute approximate surface area is 422 Å². The minimum absolute atomic E-state index is 0.0652. The Morgan fingerprint density at radius 1 is 0.808 bits per heavy atom. The summed E-state index contributed by atoms with van der Waals surface area (Å²) >= 11 is 0. The number of hydrogen-bond donors (Lipinski definition) is 6. The maximum atomic E-state index is 14.0. The number of fused-ring (bicyclic) bond motifs is 1. The Bertz CT molecular complexity index is 2800. The molecule has 20 nitrogen and oxygen atoms in total. The number of nitrogens with one attached hydrogen (secondary N) is 5. The molecule has 382 valence electrons. The van der Waals surface area contributed by atoms with Crippen LogP contribution in [0.5, 0.6) is 11.5 Å². The largest absolute Gasteiger partial charge is 0.454 e. The molecule has 7 rings (SSSR count). The van der Waals surface area contributed by atoms with Crippen LogP contribution in [0.1, 0.15) is 75.0 Å². The lowest BCUT2D eigenvalue weighted by molar-refractivity contribution is -0.137. The first-order valence-corrected chi connectivity index (χ1v) is 24.2. The number of imidazole rings is 1. The van der Waals surface area contributed by atoms with Crippen molar-refractivity contribution in [3.05, 3.63) is 126 Å². The lowest BCUT2D eigenvalue weighted by atomic mass is 10.0. The topological polar surface area (TPSA) is 269 Å². The lowest BCUT2D eigenvalue weighted by Crippen LogP contribution is -2.54. The predicted molar refractivity (Wildman–Crippen MR) is 269 cm³/mol. The Morgan fingerprint density at radius 2 is 1.56 bits per heavy atom. The van der Waals surface area contributed by atoms with E-state index >= 15 is 0 Å². The van der Waals surface area contributed by atoms with Crippen molar-refractivity contribution in [2.75, 3.05) is 25.2 Å². The van der Waals surface area contributed by atoms with Gasteiger partial charge in [-0.05, 0) is 92.1 Å². The molecular weight excluding hydrogens is 937 g/mol. The fraction of sp³-hybridized carbons (Fsp3) is 0.340. The number of hydrogen-bond acceptors (Lipinski definition) is 12. The highest BCUT2D eigenvalue weighted by atomic mass is 16.7. The van der Waals surface area contributed by atoms with Crippen LogP contribution in [-0.2, 0) is 48.4 Å². The summed E-state index contributed by atoms with van der Waals surface area (Å²) in [6.45, 7) is 6.17. The number of rotatable bonds is 24. The zero-order chi connectivity index (χ0) is 51.9. The summed E-state index contributed by atoms with van der Waals surface area (Å²) < 4.78 is 17.1. The van der Waals surface area contributed by atoms with E-state index in [9.17, 15) is 33.6 Å². The number of imide groups is 1. The van der Waals surface area contributed by atoms with E-state index in [-0.39, 0.29) is 76.1 Å². The maximum absolute atomic E-state index is 14.0. The zero-order valence-electron chi connectivity index (χ0n) is 41.0. The third kappa shape index (κ3) is 14.8. The molecule has 7 N–H and O–H groups in total. The highest BCUT2D eigenvalue weighted by molar-refractivity contribution is 6.12. The van der Waals surface area contributed by atoms with Gasteiger partial charge in [-0.2, -0.15) is 0 Å². The minimum atomic E-state index is -1.06. The molecule has 2 aromatic heterocycles. The molecule has 8 amide bonds. The number of aromatic amines is 1. The van der Waals surface area contributed by atoms with Crippen molar-refractivity contribution >= 4 is 47.3 Å². The second-order valence-corrected chi connectivity index (χ2v) is 18.0. The molecule has 0 aliphatic carbocycles. The molecule has 3 aromatic carbocycles. The monoisotopic (exact) mass is 996 g/mol. The summed E-state index contributed by atoms with van der Waals surface area (Å²) in [6, 6.07) is 24.8. The van der Waals surface area contributed by atoms with Crippen LogP contribution in [0.4, 0.5) is 15.3 Å². The summed E-state index contributed by atoms with van der Waals surface area (Å²) in [6.07, 6.45) is 3.98. The van der Waals surface area contributed by atoms with Crippen LogP contribution in [0.15, 0.2) is 103 Å². The molecule has 0 radical (unpaired) electrons. The van der Waals surface area contributed by atoms with Gasteiger partial charge < -0.3 is 46.2 Å². The van der Waals surface area contributed by atoms with Crippen LogP contribution >= 0.6 is 0 Å². The van der Waals surface area contributed by atoms with Crippen molar-refractivity contribution in [3.63, 3.8) is 0 Å². The van der Waals surface area contributed by atoms with Gasteiger partial charge in [-0.3, -0.25) is 38.8 Å². The summed E-state index contributed by atoms with van der Waals surface area (Å²) in [4.78, 5) is 105. The molecule has 2 atom stereocenters. The van der Waals surface area contributed by atoms with E-state index in [1.54, 1.807) is 43.0 Å². The predicted octanol–water partition coefficient (Wildman–Crippen LogP) is 6.01. The molecular formula is C53H60N10O10. The van der Waals surface area contributed by atoms with Crippen molar-refractivity contribution in [2.24, 2.45) is 11.7 Å². The summed E-state index contributed by atoms with van der Waals surface area (Å²) in [5.41, 5.74) is 10.7. The number of benzene rings is 3. The van der Waals surface area contributed by atoms with E-state index in [0.29, 0.717) is 71.3 Å². The molecule has 0 saturated carbocycles. The van der Waals surface area contributed by atoms with Crippen LogP contribution in [0.2, 0.25) is 0 Å². The second-order valence-electron chi connectivity index (χ2n) is 18.0. The number of primary amides is 1. The quantitative estimate of drug-likeness (QED) is 0.0307. The van der Waals surface area contributed by atoms with Crippen LogP contribution in [0.3, 0.4) is 0 Å². The number of aromatic nitrogens is 3. The van der Waals surface area contributed by atoms with Crippen LogP contribution in [-0.4, -0.2) is 98.4 Å². The number of amides is 8. The zero-order valence-corrected chi connectivity index (χ0v) is 41.0. The maximum Gasteiger partial charge on any atom is 0.410 e. The summed E-state index contributed by atoms with van der Waals surface area (Å²) in [7, 11) is 0. The standard InChI is InChI=1S/C53H60N10O10/c1-33(2)47(61-44(64)17-8-5-9-27-63-45(65)24-25-46(63)66)51(68)58-40(16-11-26-55-52(54)69)50(67)57-38-21-18-36(19-22-38)31-71-53(70)62(29-35-13-6-4-7-14-35)30-43-59-48(37-20-23-41-42(28-37)73-32-72-41)49(60-43)39-15-10-12-34(3)56-39/h4,6-7,10,12-15,18-25,28,33,40,47H,5,8-9,11,16-17,26-27,29-32H2,1-3H3,(H,57,67)(H,58,68)(H,59,60)(H,61,64)(H3,54,55,69)/t40-,47?/m0/s1. The number of urea groups is 1. The first-order valence-electron chi connectivity index (χ1n) is 24.2. The summed E-state index contributed by atoms with van der Waals surface area (Å²) in [5, 5.41) is 10.9. The van der Waals surface area contributed by atoms with Gasteiger partial charge in [0.25, 0.3) is 11.8 Å². The molecule has 2 aliphatic heterocycles. The second kappa shape index (κ2) is 25.0. The van der Waals surface area contributed by atoms with Crippen LogP contribution in [0, 0.1) is 12.8 Å². The van der Waals surface area contributed by atoms with Crippen molar-refractivity contribution < 1.29 is 47.8 Å². The average molecular weight is 997 g/mol. The number of nitrogens with two attached hydrogens (primary N) is 1. The van der Waals surface area contributed by atoms with E-state index < -0.39 is 36.0 Å². The van der Waals surface area contributed by atoms with Crippen molar-refractivity contribution in [2.45, 2.75) is 91.1 Å². The third-order valence-electron chi connectivity index (χ3n) is 12.0. The number of carbonyl (C=O) groups excluding carboxylic acids is 7.